The Labute approximate surface area is 126 Å². The van der Waals surface area contributed by atoms with Crippen LogP contribution in [0, 0.1) is 0 Å². The lowest BCUT2D eigenvalue weighted by Gasteiger charge is -2.33. The van der Waals surface area contributed by atoms with Gasteiger partial charge in [-0.3, -0.25) is 0 Å². The van der Waals surface area contributed by atoms with E-state index in [4.69, 9.17) is 4.74 Å². The van der Waals surface area contributed by atoms with Crippen LogP contribution >= 0.6 is 0 Å². The van der Waals surface area contributed by atoms with E-state index in [0.29, 0.717) is 11.5 Å². The first-order valence-corrected chi connectivity index (χ1v) is 8.85. The number of piperidine rings is 1. The lowest BCUT2D eigenvalue weighted by molar-refractivity contribution is -0.0197. The Hall–Kier alpha value is -0.950. The van der Waals surface area contributed by atoms with Gasteiger partial charge < -0.3 is 10.1 Å². The van der Waals surface area contributed by atoms with Crippen LogP contribution in [-0.2, 0) is 14.8 Å². The van der Waals surface area contributed by atoms with Crippen molar-refractivity contribution < 1.29 is 13.2 Å². The summed E-state index contributed by atoms with van der Waals surface area (Å²) in [5.41, 5.74) is -0.129. The van der Waals surface area contributed by atoms with E-state index in [1.54, 1.807) is 31.3 Å². The fourth-order valence-corrected chi connectivity index (χ4v) is 4.60. The highest BCUT2D eigenvalue weighted by atomic mass is 32.2. The predicted molar refractivity (Wildman–Crippen MR) is 80.6 cm³/mol. The Kier molecular flexibility index (Phi) is 4.05. The Morgan fingerprint density at radius 1 is 1.24 bits per heavy atom. The maximum atomic E-state index is 12.6. The molecule has 0 radical (unpaired) electrons. The fraction of sp³-hybridized carbons (Fsp3) is 0.600. The van der Waals surface area contributed by atoms with Crippen LogP contribution in [0.1, 0.15) is 19.3 Å². The molecular formula is C15H22N2O3S. The van der Waals surface area contributed by atoms with Gasteiger partial charge in [-0.25, -0.2) is 8.42 Å². The van der Waals surface area contributed by atoms with Crippen LogP contribution in [0.2, 0.25) is 0 Å². The van der Waals surface area contributed by atoms with Crippen LogP contribution in [-0.4, -0.2) is 51.1 Å². The first kappa shape index (κ1) is 15.0. The summed E-state index contributed by atoms with van der Waals surface area (Å²) in [4.78, 5) is 0.346. The van der Waals surface area contributed by atoms with Crippen molar-refractivity contribution in [3.63, 3.8) is 0 Å². The van der Waals surface area contributed by atoms with Gasteiger partial charge in [0.2, 0.25) is 10.0 Å². The minimum atomic E-state index is -3.44. The first-order chi connectivity index (χ1) is 10.0. The van der Waals surface area contributed by atoms with Crippen LogP contribution in [0.4, 0.5) is 0 Å². The normalized spacial score (nSPS) is 25.5. The van der Waals surface area contributed by atoms with E-state index in [2.05, 4.69) is 5.32 Å². The number of rotatable bonds is 3. The molecular weight excluding hydrogens is 288 g/mol. The molecule has 1 aromatic carbocycles. The third kappa shape index (κ3) is 2.85. The molecule has 0 aliphatic carbocycles. The molecule has 0 amide bonds. The molecule has 1 spiro atoms. The zero-order valence-corrected chi connectivity index (χ0v) is 13.1. The molecule has 2 heterocycles. The number of benzene rings is 1. The van der Waals surface area contributed by atoms with E-state index in [9.17, 15) is 8.42 Å². The van der Waals surface area contributed by atoms with Crippen LogP contribution in [0.25, 0.3) is 0 Å². The lowest BCUT2D eigenvalue weighted by Crippen LogP contribution is -2.43. The summed E-state index contributed by atoms with van der Waals surface area (Å²) >= 11 is 0. The highest BCUT2D eigenvalue weighted by Crippen LogP contribution is 2.36. The summed E-state index contributed by atoms with van der Waals surface area (Å²) in [6, 6.07) is 8.53. The van der Waals surface area contributed by atoms with Gasteiger partial charge in [0.1, 0.15) is 0 Å². The molecule has 116 valence electrons. The van der Waals surface area contributed by atoms with E-state index in [0.717, 1.165) is 32.4 Å². The van der Waals surface area contributed by atoms with Crippen LogP contribution < -0.4 is 5.32 Å². The van der Waals surface area contributed by atoms with Crippen molar-refractivity contribution in [3.05, 3.63) is 30.3 Å². The van der Waals surface area contributed by atoms with Gasteiger partial charge >= 0.3 is 0 Å². The standard InChI is InChI=1S/C15H22N2O3S/c1-17(21(18,19)14-5-3-2-4-6-14)13-11-15(20-12-13)7-9-16-10-8-15/h2-6,13,16H,7-12H2,1H3. The summed E-state index contributed by atoms with van der Waals surface area (Å²) in [6.07, 6.45) is 2.71. The van der Waals surface area contributed by atoms with Crippen molar-refractivity contribution in [2.45, 2.75) is 35.8 Å². The van der Waals surface area contributed by atoms with Gasteiger partial charge in [0.25, 0.3) is 0 Å². The number of nitrogens with one attached hydrogen (secondary N) is 1. The molecule has 0 saturated carbocycles. The molecule has 5 nitrogen and oxygen atoms in total. The molecule has 0 aromatic heterocycles. The van der Waals surface area contributed by atoms with E-state index >= 15 is 0 Å². The number of hydrogen-bond acceptors (Lipinski definition) is 4. The molecule has 2 saturated heterocycles. The third-order valence-corrected chi connectivity index (χ3v) is 6.56. The number of hydrogen-bond donors (Lipinski definition) is 1. The topological polar surface area (TPSA) is 58.6 Å². The lowest BCUT2D eigenvalue weighted by atomic mass is 9.88. The minimum Gasteiger partial charge on any atom is -0.373 e. The third-order valence-electron chi connectivity index (χ3n) is 4.64. The Bertz CT molecular complexity index is 582. The monoisotopic (exact) mass is 310 g/mol. The quantitative estimate of drug-likeness (QED) is 0.912. The summed E-state index contributed by atoms with van der Waals surface area (Å²) in [6.45, 7) is 2.38. The Morgan fingerprint density at radius 2 is 1.90 bits per heavy atom. The zero-order valence-electron chi connectivity index (χ0n) is 12.3. The summed E-state index contributed by atoms with van der Waals surface area (Å²) in [5.74, 6) is 0. The number of nitrogens with zero attached hydrogens (tertiary/aromatic N) is 1. The second-order valence-corrected chi connectivity index (χ2v) is 7.93. The van der Waals surface area contributed by atoms with Crippen LogP contribution in [0.5, 0.6) is 0 Å². The Balaban J connectivity index is 1.76. The van der Waals surface area contributed by atoms with Gasteiger partial charge in [0.15, 0.2) is 0 Å². The second kappa shape index (κ2) is 5.68. The second-order valence-electron chi connectivity index (χ2n) is 5.94. The average Bonchev–Trinajstić information content (AvgIpc) is 2.91. The van der Waals surface area contributed by atoms with Crippen LogP contribution in [0.3, 0.4) is 0 Å². The van der Waals surface area contributed by atoms with Crippen molar-refractivity contribution in [2.75, 3.05) is 26.7 Å². The minimum absolute atomic E-state index is 0.0756. The molecule has 21 heavy (non-hydrogen) atoms. The van der Waals surface area contributed by atoms with E-state index < -0.39 is 10.0 Å². The fourth-order valence-electron chi connectivity index (χ4n) is 3.24. The highest BCUT2D eigenvalue weighted by molar-refractivity contribution is 7.89. The molecule has 2 fully saturated rings. The zero-order chi connectivity index (χ0) is 14.9. The number of likely N-dealkylation sites (N-methyl/N-ethyl adjacent to an activating group) is 1. The van der Waals surface area contributed by atoms with Crippen molar-refractivity contribution in [3.8, 4) is 0 Å². The molecule has 1 N–H and O–H groups in total. The molecule has 6 heteroatoms. The van der Waals surface area contributed by atoms with Crippen molar-refractivity contribution in [2.24, 2.45) is 0 Å². The number of ether oxygens (including phenoxy) is 1. The van der Waals surface area contributed by atoms with Gasteiger partial charge in [0.05, 0.1) is 23.1 Å². The van der Waals surface area contributed by atoms with Crippen molar-refractivity contribution in [1.29, 1.82) is 0 Å². The summed E-state index contributed by atoms with van der Waals surface area (Å²) in [5, 5.41) is 3.32. The van der Waals surface area contributed by atoms with E-state index in [-0.39, 0.29) is 11.6 Å². The summed E-state index contributed by atoms with van der Waals surface area (Å²) < 4.78 is 32.8. The smallest absolute Gasteiger partial charge is 0.243 e. The van der Waals surface area contributed by atoms with Gasteiger partial charge in [-0.05, 0) is 44.5 Å². The molecule has 3 rings (SSSR count). The molecule has 1 aromatic rings. The highest BCUT2D eigenvalue weighted by Gasteiger charge is 2.44. The first-order valence-electron chi connectivity index (χ1n) is 7.41. The maximum Gasteiger partial charge on any atom is 0.243 e. The molecule has 2 aliphatic rings. The van der Waals surface area contributed by atoms with E-state index in [1.807, 2.05) is 6.07 Å². The van der Waals surface area contributed by atoms with Gasteiger partial charge in [0, 0.05) is 7.05 Å². The summed E-state index contributed by atoms with van der Waals surface area (Å²) in [7, 11) is -1.78. The van der Waals surface area contributed by atoms with E-state index in [1.165, 1.54) is 4.31 Å². The predicted octanol–water partition coefficient (Wildman–Crippen LogP) is 1.22. The van der Waals surface area contributed by atoms with Gasteiger partial charge in [-0.2, -0.15) is 4.31 Å². The maximum absolute atomic E-state index is 12.6. The largest absolute Gasteiger partial charge is 0.373 e. The van der Waals surface area contributed by atoms with Gasteiger partial charge in [-0.1, -0.05) is 18.2 Å². The SMILES string of the molecule is CN(C1COC2(CCNCC2)C1)S(=O)(=O)c1ccccc1. The van der Waals surface area contributed by atoms with Gasteiger partial charge in [-0.15, -0.1) is 0 Å². The molecule has 0 bridgehead atoms. The molecule has 1 atom stereocenters. The molecule has 2 aliphatic heterocycles. The van der Waals surface area contributed by atoms with Crippen LogP contribution in [0.15, 0.2) is 35.2 Å². The Morgan fingerprint density at radius 3 is 2.57 bits per heavy atom. The van der Waals surface area contributed by atoms with Crippen molar-refractivity contribution in [1.82, 2.24) is 9.62 Å². The van der Waals surface area contributed by atoms with Crippen molar-refractivity contribution >= 4 is 10.0 Å². The molecule has 1 unspecified atom stereocenters. The number of sulfonamides is 1. The average molecular weight is 310 g/mol.